The minimum Gasteiger partial charge on any atom is -0.507 e. The van der Waals surface area contributed by atoms with Crippen molar-refractivity contribution in [1.82, 2.24) is 5.32 Å². The second-order valence-corrected chi connectivity index (χ2v) is 6.53. The lowest BCUT2D eigenvalue weighted by Crippen LogP contribution is -2.28. The molecule has 1 aliphatic rings. The number of hydrogen-bond donors (Lipinski definition) is 2. The van der Waals surface area contributed by atoms with Gasteiger partial charge in [-0.25, -0.2) is 8.42 Å². The first-order valence-electron chi connectivity index (χ1n) is 5.72. The number of piperidine rings is 1. The molecule has 2 rings (SSSR count). The van der Waals surface area contributed by atoms with E-state index in [1.165, 1.54) is 6.07 Å². The minimum atomic E-state index is -3.35. The van der Waals surface area contributed by atoms with Gasteiger partial charge < -0.3 is 10.4 Å². The van der Waals surface area contributed by atoms with Crippen LogP contribution in [-0.4, -0.2) is 32.9 Å². The van der Waals surface area contributed by atoms with Crippen molar-refractivity contribution in [3.05, 3.63) is 23.8 Å². The van der Waals surface area contributed by atoms with E-state index in [9.17, 15) is 13.5 Å². The van der Waals surface area contributed by atoms with Crippen LogP contribution in [0.2, 0.25) is 0 Å². The van der Waals surface area contributed by atoms with Crippen LogP contribution in [0.25, 0.3) is 0 Å². The molecule has 94 valence electrons. The molecular formula is C12H17NO3S. The highest BCUT2D eigenvalue weighted by Gasteiger charge is 2.18. The fourth-order valence-electron chi connectivity index (χ4n) is 2.24. The number of phenols is 1. The summed E-state index contributed by atoms with van der Waals surface area (Å²) in [5.41, 5.74) is 1.00. The Kier molecular flexibility index (Phi) is 3.40. The molecule has 0 aromatic heterocycles. The summed E-state index contributed by atoms with van der Waals surface area (Å²) < 4.78 is 22.7. The van der Waals surface area contributed by atoms with E-state index in [1.54, 1.807) is 12.1 Å². The molecule has 0 aliphatic carbocycles. The normalized spacial score (nSPS) is 21.4. The molecule has 1 saturated heterocycles. The standard InChI is InChI=1S/C12H17NO3S/c1-17(15,16)12-5-4-9(7-11(12)14)10-3-2-6-13-8-10/h4-5,7,10,13-14H,2-3,6,8H2,1H3. The quantitative estimate of drug-likeness (QED) is 0.835. The van der Waals surface area contributed by atoms with Gasteiger partial charge in [0.05, 0.1) is 0 Å². The predicted octanol–water partition coefficient (Wildman–Crippen LogP) is 1.26. The van der Waals surface area contributed by atoms with Gasteiger partial charge in [0.25, 0.3) is 0 Å². The van der Waals surface area contributed by atoms with Gasteiger partial charge in [0, 0.05) is 12.8 Å². The van der Waals surface area contributed by atoms with E-state index in [4.69, 9.17) is 0 Å². The van der Waals surface area contributed by atoms with Crippen LogP contribution in [0, 0.1) is 0 Å². The van der Waals surface area contributed by atoms with E-state index in [-0.39, 0.29) is 10.6 Å². The molecule has 0 spiro atoms. The minimum absolute atomic E-state index is 0.00465. The van der Waals surface area contributed by atoms with Crippen molar-refractivity contribution in [1.29, 1.82) is 0 Å². The first kappa shape index (κ1) is 12.4. The van der Waals surface area contributed by atoms with Gasteiger partial charge in [0.1, 0.15) is 10.6 Å². The molecular weight excluding hydrogens is 238 g/mol. The molecule has 2 N–H and O–H groups in total. The summed E-state index contributed by atoms with van der Waals surface area (Å²) >= 11 is 0. The third-order valence-electron chi connectivity index (χ3n) is 3.15. The molecule has 1 aromatic rings. The summed E-state index contributed by atoms with van der Waals surface area (Å²) in [5.74, 6) is 0.221. The van der Waals surface area contributed by atoms with Gasteiger partial charge in [-0.3, -0.25) is 0 Å². The van der Waals surface area contributed by atoms with E-state index < -0.39 is 9.84 Å². The SMILES string of the molecule is CS(=O)(=O)c1ccc(C2CCCNC2)cc1O. The number of benzene rings is 1. The van der Waals surface area contributed by atoms with Gasteiger partial charge >= 0.3 is 0 Å². The highest BCUT2D eigenvalue weighted by Crippen LogP contribution is 2.30. The zero-order valence-corrected chi connectivity index (χ0v) is 10.6. The first-order chi connectivity index (χ1) is 7.98. The highest BCUT2D eigenvalue weighted by molar-refractivity contribution is 7.90. The number of rotatable bonds is 2. The maximum atomic E-state index is 11.4. The molecule has 0 radical (unpaired) electrons. The van der Waals surface area contributed by atoms with E-state index in [2.05, 4.69) is 5.32 Å². The van der Waals surface area contributed by atoms with Crippen LogP contribution in [0.5, 0.6) is 5.75 Å². The van der Waals surface area contributed by atoms with Gasteiger partial charge in [-0.2, -0.15) is 0 Å². The summed E-state index contributed by atoms with van der Waals surface area (Å²) in [7, 11) is -3.35. The first-order valence-corrected chi connectivity index (χ1v) is 7.61. The van der Waals surface area contributed by atoms with Gasteiger partial charge in [-0.1, -0.05) is 6.07 Å². The number of nitrogens with one attached hydrogen (secondary N) is 1. The van der Waals surface area contributed by atoms with Crippen LogP contribution in [0.15, 0.2) is 23.1 Å². The number of sulfone groups is 1. The van der Waals surface area contributed by atoms with Crippen LogP contribution in [-0.2, 0) is 9.84 Å². The smallest absolute Gasteiger partial charge is 0.179 e. The zero-order chi connectivity index (χ0) is 12.5. The Morgan fingerprint density at radius 3 is 2.71 bits per heavy atom. The maximum Gasteiger partial charge on any atom is 0.179 e. The molecule has 17 heavy (non-hydrogen) atoms. The van der Waals surface area contributed by atoms with Crippen molar-refractivity contribution in [2.75, 3.05) is 19.3 Å². The fraction of sp³-hybridized carbons (Fsp3) is 0.500. The Morgan fingerprint density at radius 1 is 1.41 bits per heavy atom. The molecule has 1 atom stereocenters. The van der Waals surface area contributed by atoms with E-state index in [0.29, 0.717) is 5.92 Å². The van der Waals surface area contributed by atoms with Crippen LogP contribution < -0.4 is 5.32 Å². The lowest BCUT2D eigenvalue weighted by Gasteiger charge is -2.23. The number of hydrogen-bond acceptors (Lipinski definition) is 4. The van der Waals surface area contributed by atoms with E-state index in [0.717, 1.165) is 37.8 Å². The lowest BCUT2D eigenvalue weighted by molar-refractivity contribution is 0.445. The van der Waals surface area contributed by atoms with E-state index in [1.807, 2.05) is 0 Å². The zero-order valence-electron chi connectivity index (χ0n) is 9.81. The van der Waals surface area contributed by atoms with Crippen molar-refractivity contribution < 1.29 is 13.5 Å². The molecule has 1 fully saturated rings. The molecule has 1 heterocycles. The average molecular weight is 255 g/mol. The molecule has 0 bridgehead atoms. The second kappa shape index (κ2) is 4.66. The largest absolute Gasteiger partial charge is 0.507 e. The van der Waals surface area contributed by atoms with Crippen LogP contribution in [0.3, 0.4) is 0 Å². The molecule has 1 unspecified atom stereocenters. The summed E-state index contributed by atoms with van der Waals surface area (Å²) in [6.07, 6.45) is 3.29. The Balaban J connectivity index is 2.30. The Bertz CT molecular complexity index is 504. The van der Waals surface area contributed by atoms with Crippen molar-refractivity contribution >= 4 is 9.84 Å². The van der Waals surface area contributed by atoms with Gasteiger partial charge in [0.15, 0.2) is 9.84 Å². The Labute approximate surface area is 102 Å². The van der Waals surface area contributed by atoms with Crippen molar-refractivity contribution in [2.45, 2.75) is 23.7 Å². The Morgan fingerprint density at radius 2 is 2.18 bits per heavy atom. The molecule has 1 aromatic carbocycles. The molecule has 0 saturated carbocycles. The van der Waals surface area contributed by atoms with Gasteiger partial charge in [-0.05, 0) is 43.0 Å². The summed E-state index contributed by atoms with van der Waals surface area (Å²) in [6, 6.07) is 4.87. The molecule has 5 heteroatoms. The number of phenolic OH excluding ortho intramolecular Hbond substituents is 1. The third-order valence-corrected chi connectivity index (χ3v) is 4.29. The predicted molar refractivity (Wildman–Crippen MR) is 66.1 cm³/mol. The summed E-state index contributed by atoms with van der Waals surface area (Å²) in [6.45, 7) is 1.92. The third kappa shape index (κ3) is 2.79. The van der Waals surface area contributed by atoms with E-state index >= 15 is 0 Å². The molecule has 0 amide bonds. The summed E-state index contributed by atoms with van der Waals surface area (Å²) in [4.78, 5) is 0.00465. The van der Waals surface area contributed by atoms with Crippen LogP contribution >= 0.6 is 0 Å². The van der Waals surface area contributed by atoms with Crippen LogP contribution in [0.4, 0.5) is 0 Å². The van der Waals surface area contributed by atoms with Crippen molar-refractivity contribution in [3.63, 3.8) is 0 Å². The lowest BCUT2D eigenvalue weighted by atomic mass is 9.92. The highest BCUT2D eigenvalue weighted by atomic mass is 32.2. The molecule has 4 nitrogen and oxygen atoms in total. The van der Waals surface area contributed by atoms with Crippen LogP contribution in [0.1, 0.15) is 24.3 Å². The van der Waals surface area contributed by atoms with Gasteiger partial charge in [-0.15, -0.1) is 0 Å². The van der Waals surface area contributed by atoms with Crippen molar-refractivity contribution in [2.24, 2.45) is 0 Å². The fourth-order valence-corrected chi connectivity index (χ4v) is 2.99. The Hall–Kier alpha value is -1.07. The maximum absolute atomic E-state index is 11.4. The molecule has 1 aliphatic heterocycles. The monoisotopic (exact) mass is 255 g/mol. The van der Waals surface area contributed by atoms with Gasteiger partial charge in [0.2, 0.25) is 0 Å². The second-order valence-electron chi connectivity index (χ2n) is 4.54. The number of aromatic hydroxyl groups is 1. The summed E-state index contributed by atoms with van der Waals surface area (Å²) in [5, 5.41) is 13.1. The average Bonchev–Trinajstić information content (AvgIpc) is 2.28. The van der Waals surface area contributed by atoms with Crippen molar-refractivity contribution in [3.8, 4) is 5.75 Å². The topological polar surface area (TPSA) is 66.4 Å².